The van der Waals surface area contributed by atoms with Gasteiger partial charge in [-0.3, -0.25) is 9.59 Å². The van der Waals surface area contributed by atoms with Gasteiger partial charge in [-0.25, -0.2) is 0 Å². The summed E-state index contributed by atoms with van der Waals surface area (Å²) in [6.45, 7) is 1.67. The van der Waals surface area contributed by atoms with Gasteiger partial charge in [0, 0.05) is 36.1 Å². The maximum Gasteiger partial charge on any atom is 0.227 e. The lowest BCUT2D eigenvalue weighted by Gasteiger charge is -2.17. The first-order chi connectivity index (χ1) is 12.1. The fourth-order valence-electron chi connectivity index (χ4n) is 3.43. The van der Waals surface area contributed by atoms with Gasteiger partial charge in [0.25, 0.3) is 0 Å². The minimum Gasteiger partial charge on any atom is -0.348 e. The highest BCUT2D eigenvalue weighted by molar-refractivity contribution is 9.10. The van der Waals surface area contributed by atoms with E-state index in [9.17, 15) is 9.59 Å². The van der Waals surface area contributed by atoms with Crippen molar-refractivity contribution in [3.8, 4) is 0 Å². The molecule has 1 fully saturated rings. The largest absolute Gasteiger partial charge is 0.348 e. The Labute approximate surface area is 153 Å². The number of aryl methyl sites for hydroxylation is 1. The molecule has 0 unspecified atom stereocenters. The summed E-state index contributed by atoms with van der Waals surface area (Å²) in [7, 11) is 0. The van der Waals surface area contributed by atoms with Crippen molar-refractivity contribution >= 4 is 33.4 Å². The van der Waals surface area contributed by atoms with Crippen molar-refractivity contribution < 1.29 is 9.59 Å². The van der Waals surface area contributed by atoms with Crippen molar-refractivity contribution in [1.82, 2.24) is 20.1 Å². The second kappa shape index (κ2) is 6.59. The van der Waals surface area contributed by atoms with Gasteiger partial charge in [0.2, 0.25) is 11.8 Å². The van der Waals surface area contributed by atoms with Crippen LogP contribution >= 0.6 is 15.9 Å². The Bertz CT molecular complexity index is 834. The molecule has 130 valence electrons. The molecule has 0 radical (unpaired) electrons. The van der Waals surface area contributed by atoms with Crippen LogP contribution in [0.15, 0.2) is 28.7 Å². The molecule has 3 heterocycles. The average molecular weight is 404 g/mol. The van der Waals surface area contributed by atoms with Gasteiger partial charge in [-0.05, 0) is 24.6 Å². The molecule has 1 aromatic carbocycles. The van der Waals surface area contributed by atoms with Gasteiger partial charge in [-0.2, -0.15) is 0 Å². The third-order valence-corrected chi connectivity index (χ3v) is 5.22. The lowest BCUT2D eigenvalue weighted by molar-refractivity contribution is -0.126. The molecule has 2 aromatic rings. The summed E-state index contributed by atoms with van der Waals surface area (Å²) in [5.74, 6) is 1.30. The summed E-state index contributed by atoms with van der Waals surface area (Å²) < 4.78 is 2.97. The van der Waals surface area contributed by atoms with Gasteiger partial charge in [-0.15, -0.1) is 10.2 Å². The van der Waals surface area contributed by atoms with Crippen molar-refractivity contribution in [2.45, 2.75) is 32.4 Å². The number of rotatable bonds is 4. The second-order valence-electron chi connectivity index (χ2n) is 6.39. The summed E-state index contributed by atoms with van der Waals surface area (Å²) in [5, 5.41) is 11.2. The van der Waals surface area contributed by atoms with Crippen molar-refractivity contribution in [3.05, 3.63) is 40.4 Å². The number of carbonyl (C=O) groups excluding carboxylic acids is 2. The van der Waals surface area contributed by atoms with E-state index in [1.54, 1.807) is 4.90 Å². The number of hydrogen-bond acceptors (Lipinski definition) is 4. The summed E-state index contributed by atoms with van der Waals surface area (Å²) in [5.41, 5.74) is 0.810. The van der Waals surface area contributed by atoms with Crippen LogP contribution in [0, 0.1) is 5.92 Å². The number of halogens is 1. The van der Waals surface area contributed by atoms with Crippen molar-refractivity contribution in [2.75, 3.05) is 11.4 Å². The highest BCUT2D eigenvalue weighted by atomic mass is 79.9. The summed E-state index contributed by atoms with van der Waals surface area (Å²) in [6.07, 6.45) is 2.25. The van der Waals surface area contributed by atoms with Gasteiger partial charge in [0.05, 0.1) is 12.5 Å². The van der Waals surface area contributed by atoms with E-state index >= 15 is 0 Å². The fraction of sp³-hybridized carbons (Fsp3) is 0.412. The van der Waals surface area contributed by atoms with Crippen molar-refractivity contribution in [1.29, 1.82) is 0 Å². The van der Waals surface area contributed by atoms with E-state index in [0.29, 0.717) is 13.1 Å². The number of fused-ring (bicyclic) bond motifs is 1. The zero-order valence-corrected chi connectivity index (χ0v) is 15.2. The maximum absolute atomic E-state index is 12.5. The molecule has 8 heteroatoms. The molecule has 1 saturated heterocycles. The minimum absolute atomic E-state index is 0.0263. The van der Waals surface area contributed by atoms with Gasteiger partial charge >= 0.3 is 0 Å². The van der Waals surface area contributed by atoms with Crippen LogP contribution in [-0.2, 0) is 29.1 Å². The van der Waals surface area contributed by atoms with Crippen LogP contribution in [-0.4, -0.2) is 33.1 Å². The molecule has 0 spiro atoms. The molecule has 0 bridgehead atoms. The van der Waals surface area contributed by atoms with E-state index in [-0.39, 0.29) is 24.2 Å². The third-order valence-electron chi connectivity index (χ3n) is 4.72. The molecule has 2 amide bonds. The van der Waals surface area contributed by atoms with Crippen LogP contribution in [0.2, 0.25) is 0 Å². The Morgan fingerprint density at radius 1 is 1.36 bits per heavy atom. The number of hydrogen-bond donors (Lipinski definition) is 1. The molecule has 1 N–H and O–H groups in total. The molecule has 1 aromatic heterocycles. The van der Waals surface area contributed by atoms with E-state index in [2.05, 4.69) is 36.0 Å². The first kappa shape index (κ1) is 16.3. The molecular formula is C17H18BrN5O2. The Balaban J connectivity index is 1.39. The number of benzene rings is 1. The smallest absolute Gasteiger partial charge is 0.227 e. The predicted octanol–water partition coefficient (Wildman–Crippen LogP) is 1.66. The van der Waals surface area contributed by atoms with Gasteiger partial charge < -0.3 is 14.8 Å². The summed E-state index contributed by atoms with van der Waals surface area (Å²) in [4.78, 5) is 26.4. The van der Waals surface area contributed by atoms with E-state index in [0.717, 1.165) is 41.2 Å². The standard InChI is InChI=1S/C17H18BrN5O2/c18-12-3-1-4-13(8-12)23-10-11(7-16(23)24)17(25)19-9-15-21-20-14-5-2-6-22(14)15/h1,3-4,8,11H,2,5-7,9-10H2,(H,19,25)/t11-/m0/s1. The molecular weight excluding hydrogens is 386 g/mol. The Morgan fingerprint density at radius 2 is 2.24 bits per heavy atom. The first-order valence-corrected chi connectivity index (χ1v) is 9.16. The Hall–Kier alpha value is -2.22. The lowest BCUT2D eigenvalue weighted by Crippen LogP contribution is -2.33. The quantitative estimate of drug-likeness (QED) is 0.841. The third kappa shape index (κ3) is 3.18. The van der Waals surface area contributed by atoms with Crippen LogP contribution in [0.4, 0.5) is 5.69 Å². The van der Waals surface area contributed by atoms with E-state index in [1.165, 1.54) is 0 Å². The molecule has 1 atom stereocenters. The molecule has 2 aliphatic rings. The monoisotopic (exact) mass is 403 g/mol. The zero-order chi connectivity index (χ0) is 17.4. The number of anilines is 1. The van der Waals surface area contributed by atoms with Gasteiger partial charge in [0.15, 0.2) is 5.82 Å². The van der Waals surface area contributed by atoms with E-state index < -0.39 is 0 Å². The SMILES string of the molecule is O=C(NCc1nnc2n1CCC2)[C@H]1CC(=O)N(c2cccc(Br)c2)C1. The summed E-state index contributed by atoms with van der Waals surface area (Å²) >= 11 is 3.41. The first-order valence-electron chi connectivity index (χ1n) is 8.36. The minimum atomic E-state index is -0.340. The molecule has 25 heavy (non-hydrogen) atoms. The number of carbonyl (C=O) groups is 2. The topological polar surface area (TPSA) is 80.1 Å². The Kier molecular flexibility index (Phi) is 4.29. The lowest BCUT2D eigenvalue weighted by atomic mass is 10.1. The number of nitrogens with one attached hydrogen (secondary N) is 1. The van der Waals surface area contributed by atoms with E-state index in [1.807, 2.05) is 24.3 Å². The van der Waals surface area contributed by atoms with Crippen LogP contribution < -0.4 is 10.2 Å². The van der Waals surface area contributed by atoms with Gasteiger partial charge in [0.1, 0.15) is 5.82 Å². The Morgan fingerprint density at radius 3 is 3.08 bits per heavy atom. The molecule has 4 rings (SSSR count). The average Bonchev–Trinajstić information content (AvgIpc) is 3.28. The fourth-order valence-corrected chi connectivity index (χ4v) is 3.82. The number of nitrogens with zero attached hydrogens (tertiary/aromatic N) is 4. The highest BCUT2D eigenvalue weighted by Gasteiger charge is 2.35. The van der Waals surface area contributed by atoms with Gasteiger partial charge in [-0.1, -0.05) is 22.0 Å². The van der Waals surface area contributed by atoms with Crippen LogP contribution in [0.5, 0.6) is 0 Å². The van der Waals surface area contributed by atoms with E-state index in [4.69, 9.17) is 0 Å². The number of aromatic nitrogens is 3. The predicted molar refractivity (Wildman–Crippen MR) is 94.8 cm³/mol. The van der Waals surface area contributed by atoms with Crippen LogP contribution in [0.3, 0.4) is 0 Å². The van der Waals surface area contributed by atoms with Crippen molar-refractivity contribution in [2.24, 2.45) is 5.92 Å². The molecule has 0 saturated carbocycles. The second-order valence-corrected chi connectivity index (χ2v) is 7.31. The summed E-state index contributed by atoms with van der Waals surface area (Å²) in [6, 6.07) is 7.55. The molecule has 7 nitrogen and oxygen atoms in total. The van der Waals surface area contributed by atoms with Crippen LogP contribution in [0.1, 0.15) is 24.5 Å². The maximum atomic E-state index is 12.5. The van der Waals surface area contributed by atoms with Crippen LogP contribution in [0.25, 0.3) is 0 Å². The van der Waals surface area contributed by atoms with Crippen molar-refractivity contribution in [3.63, 3.8) is 0 Å². The number of amides is 2. The normalized spacial score (nSPS) is 19.3. The molecule has 0 aliphatic carbocycles. The zero-order valence-electron chi connectivity index (χ0n) is 13.6. The molecule has 2 aliphatic heterocycles. The highest BCUT2D eigenvalue weighted by Crippen LogP contribution is 2.27.